The van der Waals surface area contributed by atoms with Crippen LogP contribution in [0.1, 0.15) is 5.56 Å². The summed E-state index contributed by atoms with van der Waals surface area (Å²) in [6, 6.07) is 36.3. The molecule has 5 rings (SSSR count). The number of halogens is 1. The first-order valence-electron chi connectivity index (χ1n) is 10.6. The Bertz CT molecular complexity index is 1340. The Kier molecular flexibility index (Phi) is 5.96. The zero-order chi connectivity index (χ0) is 22.6. The van der Waals surface area contributed by atoms with Crippen LogP contribution in [0.4, 0.5) is 5.69 Å². The lowest BCUT2D eigenvalue weighted by Gasteiger charge is -2.10. The van der Waals surface area contributed by atoms with Gasteiger partial charge in [-0.3, -0.25) is 0 Å². The van der Waals surface area contributed by atoms with Gasteiger partial charge in [0.2, 0.25) is 0 Å². The molecule has 4 nitrogen and oxygen atoms in total. The lowest BCUT2D eigenvalue weighted by Crippen LogP contribution is -1.99. The van der Waals surface area contributed by atoms with E-state index in [1.807, 2.05) is 83.5 Å². The van der Waals surface area contributed by atoms with E-state index in [0.717, 1.165) is 49.7 Å². The maximum Gasteiger partial charge on any atom is 0.119 e. The van der Waals surface area contributed by atoms with Crippen molar-refractivity contribution in [2.24, 2.45) is 0 Å². The van der Waals surface area contributed by atoms with E-state index in [9.17, 15) is 0 Å². The lowest BCUT2D eigenvalue weighted by atomic mass is 10.1. The Labute approximate surface area is 201 Å². The molecule has 33 heavy (non-hydrogen) atoms. The molecule has 0 bridgehead atoms. The maximum absolute atomic E-state index is 5.96. The zero-order valence-corrected chi connectivity index (χ0v) is 19.4. The molecule has 0 spiro atoms. The van der Waals surface area contributed by atoms with Crippen LogP contribution in [0.5, 0.6) is 5.75 Å². The van der Waals surface area contributed by atoms with Gasteiger partial charge in [0.15, 0.2) is 0 Å². The average molecular weight is 496 g/mol. The van der Waals surface area contributed by atoms with Gasteiger partial charge >= 0.3 is 0 Å². The Morgan fingerprint density at radius 3 is 2.12 bits per heavy atom. The van der Waals surface area contributed by atoms with Gasteiger partial charge in [0.1, 0.15) is 12.4 Å². The summed E-state index contributed by atoms with van der Waals surface area (Å²) in [6.07, 6.45) is 0. The molecule has 0 radical (unpaired) electrons. The van der Waals surface area contributed by atoms with Gasteiger partial charge < -0.3 is 10.5 Å². The molecule has 1 aromatic heterocycles. The third-order valence-electron chi connectivity index (χ3n) is 5.39. The SMILES string of the molecule is Nc1ccc(-c2cc(-c3ccc(OCc4ccccc4)cc3)n(-c3ccc(Br)cc3)n2)cc1. The number of nitrogen functional groups attached to an aromatic ring is 1. The molecule has 0 atom stereocenters. The highest BCUT2D eigenvalue weighted by Crippen LogP contribution is 2.30. The monoisotopic (exact) mass is 495 g/mol. The summed E-state index contributed by atoms with van der Waals surface area (Å²) in [7, 11) is 0. The van der Waals surface area contributed by atoms with E-state index in [-0.39, 0.29) is 0 Å². The largest absolute Gasteiger partial charge is 0.489 e. The number of nitrogens with zero attached hydrogens (tertiary/aromatic N) is 2. The maximum atomic E-state index is 5.96. The highest BCUT2D eigenvalue weighted by molar-refractivity contribution is 9.10. The van der Waals surface area contributed by atoms with Gasteiger partial charge in [0, 0.05) is 21.3 Å². The Hall–Kier alpha value is -3.83. The number of aromatic nitrogens is 2. The number of ether oxygens (including phenoxy) is 1. The molecule has 0 aliphatic carbocycles. The highest BCUT2D eigenvalue weighted by atomic mass is 79.9. The first-order valence-corrected chi connectivity index (χ1v) is 11.4. The minimum atomic E-state index is 0.540. The molecule has 5 heteroatoms. The fraction of sp³-hybridized carbons (Fsp3) is 0.0357. The van der Waals surface area contributed by atoms with Gasteiger partial charge in [0.25, 0.3) is 0 Å². The molecular formula is C28H22BrN3O. The summed E-state index contributed by atoms with van der Waals surface area (Å²) in [5.74, 6) is 0.830. The van der Waals surface area contributed by atoms with E-state index in [2.05, 4.69) is 46.3 Å². The molecule has 0 amide bonds. The van der Waals surface area contributed by atoms with Crippen LogP contribution < -0.4 is 10.5 Å². The van der Waals surface area contributed by atoms with E-state index in [1.54, 1.807) is 0 Å². The second kappa shape index (κ2) is 9.35. The van der Waals surface area contributed by atoms with Crippen molar-refractivity contribution in [2.45, 2.75) is 6.61 Å². The summed E-state index contributed by atoms with van der Waals surface area (Å²) in [5.41, 5.74) is 12.7. The van der Waals surface area contributed by atoms with Crippen molar-refractivity contribution in [3.8, 4) is 34.0 Å². The molecular weight excluding hydrogens is 474 g/mol. The number of anilines is 1. The van der Waals surface area contributed by atoms with Crippen molar-refractivity contribution < 1.29 is 4.74 Å². The molecule has 0 saturated carbocycles. The minimum Gasteiger partial charge on any atom is -0.489 e. The second-order valence-electron chi connectivity index (χ2n) is 7.72. The normalized spacial score (nSPS) is 10.8. The van der Waals surface area contributed by atoms with Crippen molar-refractivity contribution in [1.29, 1.82) is 0 Å². The van der Waals surface area contributed by atoms with Crippen molar-refractivity contribution in [1.82, 2.24) is 9.78 Å². The molecule has 0 unspecified atom stereocenters. The van der Waals surface area contributed by atoms with Gasteiger partial charge in [-0.2, -0.15) is 5.10 Å². The number of rotatable bonds is 6. The van der Waals surface area contributed by atoms with Gasteiger partial charge in [-0.25, -0.2) is 4.68 Å². The molecule has 0 aliphatic rings. The molecule has 5 aromatic rings. The summed E-state index contributed by atoms with van der Waals surface area (Å²) in [5, 5.41) is 4.91. The molecule has 4 aromatic carbocycles. The first-order chi connectivity index (χ1) is 16.2. The molecule has 0 aliphatic heterocycles. The van der Waals surface area contributed by atoms with Crippen LogP contribution in [0.15, 0.2) is 114 Å². The van der Waals surface area contributed by atoms with E-state index in [4.69, 9.17) is 15.6 Å². The summed E-state index contributed by atoms with van der Waals surface area (Å²) < 4.78 is 8.95. The Morgan fingerprint density at radius 1 is 0.758 bits per heavy atom. The fourth-order valence-corrected chi connectivity index (χ4v) is 3.89. The molecule has 2 N–H and O–H groups in total. The first kappa shape index (κ1) is 21.0. The quantitative estimate of drug-likeness (QED) is 0.255. The summed E-state index contributed by atoms with van der Waals surface area (Å²) in [4.78, 5) is 0. The molecule has 0 fully saturated rings. The van der Waals surface area contributed by atoms with Crippen LogP contribution in [0.25, 0.3) is 28.2 Å². The van der Waals surface area contributed by atoms with E-state index < -0.39 is 0 Å². The topological polar surface area (TPSA) is 53.1 Å². The van der Waals surface area contributed by atoms with Gasteiger partial charge in [0.05, 0.1) is 17.1 Å². The van der Waals surface area contributed by atoms with Gasteiger partial charge in [-0.15, -0.1) is 0 Å². The van der Waals surface area contributed by atoms with Crippen LogP contribution in [0.2, 0.25) is 0 Å². The Morgan fingerprint density at radius 2 is 1.42 bits per heavy atom. The van der Waals surface area contributed by atoms with Gasteiger partial charge in [-0.1, -0.05) is 58.4 Å². The Balaban J connectivity index is 1.48. The van der Waals surface area contributed by atoms with Crippen LogP contribution >= 0.6 is 15.9 Å². The minimum absolute atomic E-state index is 0.540. The van der Waals surface area contributed by atoms with Crippen molar-refractivity contribution in [3.63, 3.8) is 0 Å². The van der Waals surface area contributed by atoms with Crippen molar-refractivity contribution >= 4 is 21.6 Å². The standard InChI is InChI=1S/C28H22BrN3O/c29-23-10-14-25(15-11-23)32-28(18-27(31-32)21-6-12-24(30)13-7-21)22-8-16-26(17-9-22)33-19-20-4-2-1-3-5-20/h1-18H,19,30H2. The average Bonchev–Trinajstić information content (AvgIpc) is 3.30. The van der Waals surface area contributed by atoms with E-state index in [0.29, 0.717) is 6.61 Å². The van der Waals surface area contributed by atoms with Crippen LogP contribution in [0.3, 0.4) is 0 Å². The van der Waals surface area contributed by atoms with Crippen LogP contribution in [-0.2, 0) is 6.61 Å². The van der Waals surface area contributed by atoms with E-state index >= 15 is 0 Å². The highest BCUT2D eigenvalue weighted by Gasteiger charge is 2.13. The molecule has 0 saturated heterocycles. The second-order valence-corrected chi connectivity index (χ2v) is 8.64. The lowest BCUT2D eigenvalue weighted by molar-refractivity contribution is 0.306. The number of nitrogens with two attached hydrogens (primary N) is 1. The van der Waals surface area contributed by atoms with Crippen LogP contribution in [0, 0.1) is 0 Å². The molecule has 162 valence electrons. The van der Waals surface area contributed by atoms with Crippen molar-refractivity contribution in [2.75, 3.05) is 5.73 Å². The van der Waals surface area contributed by atoms with Crippen LogP contribution in [-0.4, -0.2) is 9.78 Å². The number of hydrogen-bond acceptors (Lipinski definition) is 3. The van der Waals surface area contributed by atoms with E-state index in [1.165, 1.54) is 0 Å². The predicted molar refractivity (Wildman–Crippen MR) is 137 cm³/mol. The smallest absolute Gasteiger partial charge is 0.119 e. The fourth-order valence-electron chi connectivity index (χ4n) is 3.62. The molecule has 1 heterocycles. The third-order valence-corrected chi connectivity index (χ3v) is 5.91. The zero-order valence-electron chi connectivity index (χ0n) is 17.9. The number of hydrogen-bond donors (Lipinski definition) is 1. The number of benzene rings is 4. The summed E-state index contributed by atoms with van der Waals surface area (Å²) in [6.45, 7) is 0.540. The third kappa shape index (κ3) is 4.83. The predicted octanol–water partition coefficient (Wildman–Crippen LogP) is 7.13. The van der Waals surface area contributed by atoms with Gasteiger partial charge in [-0.05, 0) is 72.3 Å². The van der Waals surface area contributed by atoms with Crippen molar-refractivity contribution in [3.05, 3.63) is 119 Å². The summed E-state index contributed by atoms with van der Waals surface area (Å²) >= 11 is 3.51.